The van der Waals surface area contributed by atoms with Gasteiger partial charge in [0.05, 0.1) is 29.5 Å². The summed E-state index contributed by atoms with van der Waals surface area (Å²) in [6.45, 7) is 1.37. The van der Waals surface area contributed by atoms with Gasteiger partial charge in [-0.15, -0.1) is 0 Å². The predicted octanol–water partition coefficient (Wildman–Crippen LogP) is 5.09. The van der Waals surface area contributed by atoms with E-state index in [-0.39, 0.29) is 17.9 Å². The molecule has 3 aromatic rings. The highest BCUT2D eigenvalue weighted by Crippen LogP contribution is 2.36. The Balaban J connectivity index is 2.13. The normalized spacial score (nSPS) is 13.0. The Kier molecular flexibility index (Phi) is 7.97. The number of hydrogen-bond acceptors (Lipinski definition) is 5. The van der Waals surface area contributed by atoms with Crippen molar-refractivity contribution in [1.82, 2.24) is 0 Å². The van der Waals surface area contributed by atoms with Crippen molar-refractivity contribution >= 4 is 37.4 Å². The van der Waals surface area contributed by atoms with Gasteiger partial charge in [-0.3, -0.25) is 8.49 Å². The molecule has 0 fully saturated rings. The number of nitrogens with zero attached hydrogens (tertiary/aromatic N) is 1. The molecule has 0 aliphatic carbocycles. The summed E-state index contributed by atoms with van der Waals surface area (Å²) in [5, 5.41) is 0.312. The molecule has 11 heteroatoms. The van der Waals surface area contributed by atoms with Crippen molar-refractivity contribution in [3.05, 3.63) is 94.5 Å². The lowest BCUT2D eigenvalue weighted by atomic mass is 9.99. The molecule has 0 aromatic heterocycles. The average molecular weight is 530 g/mol. The Labute approximate surface area is 202 Å². The van der Waals surface area contributed by atoms with E-state index in [1.807, 2.05) is 0 Å². The van der Waals surface area contributed by atoms with Crippen LogP contribution in [0, 0.1) is 11.6 Å². The number of anilines is 1. The fourth-order valence-corrected chi connectivity index (χ4v) is 5.67. The van der Waals surface area contributed by atoms with Crippen LogP contribution in [-0.2, 0) is 30.7 Å². The molecule has 0 unspecified atom stereocenters. The molecule has 0 aliphatic heterocycles. The van der Waals surface area contributed by atoms with Crippen molar-refractivity contribution in [2.24, 2.45) is 0 Å². The standard InChI is InChI=1S/C23H22ClF2NO5S2/c1-16(21-6-4-3-5-17(21)13-14-32-33(2,28)29)27(23-15-19(25)9-12-22(23)26)34(30,31)20-10-7-18(24)8-11-20/h3-12,15-16H,13-14H2,1-2H3/t16-/m1/s1. The van der Waals surface area contributed by atoms with E-state index >= 15 is 0 Å². The molecule has 0 amide bonds. The van der Waals surface area contributed by atoms with Gasteiger partial charge in [0.25, 0.3) is 20.1 Å². The maximum atomic E-state index is 14.9. The summed E-state index contributed by atoms with van der Waals surface area (Å²) in [7, 11) is -8.05. The van der Waals surface area contributed by atoms with Crippen molar-refractivity contribution in [1.29, 1.82) is 0 Å². The first-order valence-corrected chi connectivity index (χ1v) is 13.7. The summed E-state index contributed by atoms with van der Waals surface area (Å²) in [6.07, 6.45) is 1.07. The predicted molar refractivity (Wildman–Crippen MR) is 127 cm³/mol. The van der Waals surface area contributed by atoms with Crippen LogP contribution in [0.5, 0.6) is 0 Å². The molecule has 3 aromatic carbocycles. The van der Waals surface area contributed by atoms with Gasteiger partial charge < -0.3 is 0 Å². The zero-order valence-corrected chi connectivity index (χ0v) is 20.7. The van der Waals surface area contributed by atoms with Crippen molar-refractivity contribution in [2.75, 3.05) is 17.2 Å². The number of sulfonamides is 1. The number of rotatable bonds is 9. The third-order valence-corrected chi connectivity index (χ3v) is 7.79. The van der Waals surface area contributed by atoms with E-state index in [2.05, 4.69) is 0 Å². The van der Waals surface area contributed by atoms with Crippen molar-refractivity contribution in [2.45, 2.75) is 24.3 Å². The van der Waals surface area contributed by atoms with Crippen LogP contribution in [0.25, 0.3) is 0 Å². The minimum absolute atomic E-state index is 0.147. The quantitative estimate of drug-likeness (QED) is 0.360. The van der Waals surface area contributed by atoms with Crippen molar-refractivity contribution in [3.8, 4) is 0 Å². The molecule has 0 heterocycles. The Morgan fingerprint density at radius 3 is 2.26 bits per heavy atom. The van der Waals surface area contributed by atoms with Gasteiger partial charge in [0.15, 0.2) is 0 Å². The molecule has 0 aliphatic rings. The van der Waals surface area contributed by atoms with Gasteiger partial charge in [0.1, 0.15) is 11.6 Å². The van der Waals surface area contributed by atoms with Gasteiger partial charge in [0.2, 0.25) is 0 Å². The highest BCUT2D eigenvalue weighted by molar-refractivity contribution is 7.92. The van der Waals surface area contributed by atoms with E-state index in [4.69, 9.17) is 15.8 Å². The maximum absolute atomic E-state index is 14.9. The van der Waals surface area contributed by atoms with Gasteiger partial charge in [0, 0.05) is 11.1 Å². The molecule has 3 rings (SSSR count). The SMILES string of the molecule is C[C@H](c1ccccc1CCOS(C)(=O)=O)N(c1cc(F)ccc1F)S(=O)(=O)c1ccc(Cl)cc1. The number of hydrogen-bond donors (Lipinski definition) is 0. The van der Waals surface area contributed by atoms with Crippen LogP contribution < -0.4 is 4.31 Å². The van der Waals surface area contributed by atoms with Gasteiger partial charge in [-0.2, -0.15) is 8.42 Å². The lowest BCUT2D eigenvalue weighted by molar-refractivity contribution is 0.325. The van der Waals surface area contributed by atoms with Gasteiger partial charge in [-0.1, -0.05) is 35.9 Å². The molecule has 182 valence electrons. The van der Waals surface area contributed by atoms with Crippen LogP contribution in [-0.4, -0.2) is 29.7 Å². The van der Waals surface area contributed by atoms with Crippen LogP contribution in [0.1, 0.15) is 24.1 Å². The summed E-state index contributed by atoms with van der Waals surface area (Å²) >= 11 is 5.89. The summed E-state index contributed by atoms with van der Waals surface area (Å²) in [5.41, 5.74) is 0.595. The second kappa shape index (κ2) is 10.4. The summed E-state index contributed by atoms with van der Waals surface area (Å²) in [4.78, 5) is -0.162. The highest BCUT2D eigenvalue weighted by Gasteiger charge is 2.33. The third-order valence-electron chi connectivity index (χ3n) is 5.04. The Morgan fingerprint density at radius 2 is 1.62 bits per heavy atom. The Hall–Kier alpha value is -2.53. The maximum Gasteiger partial charge on any atom is 0.264 e. The smallest absolute Gasteiger partial charge is 0.264 e. The molecule has 0 radical (unpaired) electrons. The lowest BCUT2D eigenvalue weighted by Crippen LogP contribution is -2.35. The average Bonchev–Trinajstić information content (AvgIpc) is 2.76. The van der Waals surface area contributed by atoms with Gasteiger partial charge in [-0.05, 0) is 60.9 Å². The summed E-state index contributed by atoms with van der Waals surface area (Å²) in [5.74, 6) is -1.74. The van der Waals surface area contributed by atoms with Crippen LogP contribution in [0.3, 0.4) is 0 Å². The molecule has 0 N–H and O–H groups in total. The largest absolute Gasteiger partial charge is 0.270 e. The van der Waals surface area contributed by atoms with Crippen molar-refractivity contribution < 1.29 is 29.8 Å². The Morgan fingerprint density at radius 1 is 0.971 bits per heavy atom. The molecule has 0 spiro atoms. The number of benzene rings is 3. The lowest BCUT2D eigenvalue weighted by Gasteiger charge is -2.32. The first-order chi connectivity index (χ1) is 15.9. The van der Waals surface area contributed by atoms with Crippen LogP contribution in [0.4, 0.5) is 14.5 Å². The monoisotopic (exact) mass is 529 g/mol. The van der Waals surface area contributed by atoms with E-state index in [0.29, 0.717) is 16.1 Å². The minimum atomic E-state index is -4.38. The highest BCUT2D eigenvalue weighted by atomic mass is 35.5. The first-order valence-electron chi connectivity index (χ1n) is 10.1. The summed E-state index contributed by atoms with van der Waals surface area (Å²) < 4.78 is 84.6. The van der Waals surface area contributed by atoms with Crippen LogP contribution in [0.2, 0.25) is 5.02 Å². The van der Waals surface area contributed by atoms with E-state index in [1.165, 1.54) is 31.2 Å². The van der Waals surface area contributed by atoms with E-state index in [0.717, 1.165) is 28.8 Å². The van der Waals surface area contributed by atoms with E-state index in [1.54, 1.807) is 24.3 Å². The third kappa shape index (κ3) is 6.12. The number of halogens is 3. The molecule has 6 nitrogen and oxygen atoms in total. The molecular weight excluding hydrogens is 508 g/mol. The molecular formula is C23H22ClF2NO5S2. The van der Waals surface area contributed by atoms with Crippen molar-refractivity contribution in [3.63, 3.8) is 0 Å². The molecule has 0 bridgehead atoms. The second-order valence-corrected chi connectivity index (χ2v) is 11.4. The van der Waals surface area contributed by atoms with Gasteiger partial charge in [-0.25, -0.2) is 17.2 Å². The van der Waals surface area contributed by atoms with E-state index in [9.17, 15) is 25.6 Å². The fraction of sp³-hybridized carbons (Fsp3) is 0.217. The fourth-order valence-electron chi connectivity index (χ4n) is 3.52. The zero-order valence-electron chi connectivity index (χ0n) is 18.3. The minimum Gasteiger partial charge on any atom is -0.270 e. The molecule has 34 heavy (non-hydrogen) atoms. The molecule has 1 atom stereocenters. The second-order valence-electron chi connectivity index (χ2n) is 7.50. The van der Waals surface area contributed by atoms with Gasteiger partial charge >= 0.3 is 0 Å². The van der Waals surface area contributed by atoms with Crippen LogP contribution in [0.15, 0.2) is 71.6 Å². The molecule has 0 saturated heterocycles. The van der Waals surface area contributed by atoms with E-state index < -0.39 is 43.5 Å². The Bertz CT molecular complexity index is 1380. The summed E-state index contributed by atoms with van der Waals surface area (Å²) in [6, 6.07) is 13.6. The first kappa shape index (κ1) is 26.1. The zero-order chi connectivity index (χ0) is 25.1. The van der Waals surface area contributed by atoms with Crippen LogP contribution >= 0.6 is 11.6 Å². The topological polar surface area (TPSA) is 80.8 Å². The molecule has 0 saturated carbocycles.